The van der Waals surface area contributed by atoms with Crippen molar-refractivity contribution in [2.45, 2.75) is 40.0 Å². The molecule has 1 fully saturated rings. The number of nitrogens with zero attached hydrogens (tertiary/aromatic N) is 2. The number of piperidine rings is 1. The lowest BCUT2D eigenvalue weighted by Gasteiger charge is -2.31. The molecule has 1 amide bonds. The first kappa shape index (κ1) is 19.0. The number of ether oxygens (including phenoxy) is 1. The average Bonchev–Trinajstić information content (AvgIpc) is 3.05. The number of rotatable bonds is 7. The van der Waals surface area contributed by atoms with E-state index in [0.29, 0.717) is 12.5 Å². The summed E-state index contributed by atoms with van der Waals surface area (Å²) >= 11 is 1.70. The number of hydrogen-bond donors (Lipinski definition) is 1. The SMILES string of the molecule is CCOc1ccc2nc(N3CCC(C(=O)NCCC(C)C)CC3)sc2c1. The standard InChI is InChI=1S/C20H29N3O2S/c1-4-25-16-5-6-17-18(13-16)26-20(22-17)23-11-8-15(9-12-23)19(24)21-10-7-14(2)3/h5-6,13-15H,4,7-12H2,1-3H3,(H,21,24). The summed E-state index contributed by atoms with van der Waals surface area (Å²) in [4.78, 5) is 19.4. The van der Waals surface area contributed by atoms with Gasteiger partial charge in [0, 0.05) is 25.6 Å². The molecular weight excluding hydrogens is 346 g/mol. The summed E-state index contributed by atoms with van der Waals surface area (Å²) in [5.74, 6) is 1.87. The molecule has 2 heterocycles. The number of anilines is 1. The molecule has 0 atom stereocenters. The Morgan fingerprint density at radius 2 is 2.15 bits per heavy atom. The third kappa shape index (κ3) is 4.67. The highest BCUT2D eigenvalue weighted by molar-refractivity contribution is 7.22. The van der Waals surface area contributed by atoms with Crippen LogP contribution in [0.3, 0.4) is 0 Å². The van der Waals surface area contributed by atoms with E-state index in [1.807, 2.05) is 19.1 Å². The number of amides is 1. The second kappa shape index (κ2) is 8.71. The van der Waals surface area contributed by atoms with Gasteiger partial charge in [-0.05, 0) is 50.3 Å². The van der Waals surface area contributed by atoms with E-state index in [2.05, 4.69) is 30.1 Å². The van der Waals surface area contributed by atoms with Crippen LogP contribution in [0.2, 0.25) is 0 Å². The smallest absolute Gasteiger partial charge is 0.223 e. The minimum absolute atomic E-state index is 0.136. The minimum Gasteiger partial charge on any atom is -0.494 e. The first-order valence-corrected chi connectivity index (χ1v) is 10.4. The molecule has 1 N–H and O–H groups in total. The van der Waals surface area contributed by atoms with Crippen molar-refractivity contribution < 1.29 is 9.53 Å². The summed E-state index contributed by atoms with van der Waals surface area (Å²) in [6.07, 6.45) is 2.83. The normalized spacial score (nSPS) is 15.6. The van der Waals surface area contributed by atoms with Crippen molar-refractivity contribution >= 4 is 32.6 Å². The Hall–Kier alpha value is -1.82. The van der Waals surface area contributed by atoms with E-state index >= 15 is 0 Å². The molecule has 5 nitrogen and oxygen atoms in total. The molecule has 0 radical (unpaired) electrons. The van der Waals surface area contributed by atoms with Gasteiger partial charge < -0.3 is 15.0 Å². The van der Waals surface area contributed by atoms with Crippen LogP contribution < -0.4 is 15.0 Å². The van der Waals surface area contributed by atoms with Crippen LogP contribution in [0, 0.1) is 11.8 Å². The molecule has 0 bridgehead atoms. The van der Waals surface area contributed by atoms with Crippen LogP contribution in [0.1, 0.15) is 40.0 Å². The van der Waals surface area contributed by atoms with Crippen molar-refractivity contribution in [3.05, 3.63) is 18.2 Å². The van der Waals surface area contributed by atoms with Crippen LogP contribution in [0.4, 0.5) is 5.13 Å². The lowest BCUT2D eigenvalue weighted by Crippen LogP contribution is -2.40. The van der Waals surface area contributed by atoms with Gasteiger partial charge in [-0.25, -0.2) is 4.98 Å². The highest BCUT2D eigenvalue weighted by Crippen LogP contribution is 2.33. The van der Waals surface area contributed by atoms with Gasteiger partial charge in [-0.1, -0.05) is 25.2 Å². The molecule has 1 aromatic heterocycles. The Kier molecular flexibility index (Phi) is 6.35. The molecule has 1 aromatic carbocycles. The number of hydrogen-bond acceptors (Lipinski definition) is 5. The van der Waals surface area contributed by atoms with Gasteiger partial charge in [-0.3, -0.25) is 4.79 Å². The largest absolute Gasteiger partial charge is 0.494 e. The zero-order valence-corrected chi connectivity index (χ0v) is 16.8. The van der Waals surface area contributed by atoms with E-state index in [1.54, 1.807) is 11.3 Å². The fourth-order valence-corrected chi connectivity index (χ4v) is 4.29. The van der Waals surface area contributed by atoms with E-state index < -0.39 is 0 Å². The van der Waals surface area contributed by atoms with Gasteiger partial charge in [0.2, 0.25) is 5.91 Å². The monoisotopic (exact) mass is 375 g/mol. The number of carbonyl (C=O) groups is 1. The van der Waals surface area contributed by atoms with E-state index in [-0.39, 0.29) is 11.8 Å². The molecule has 142 valence electrons. The topological polar surface area (TPSA) is 54.5 Å². The van der Waals surface area contributed by atoms with Gasteiger partial charge in [0.1, 0.15) is 5.75 Å². The van der Waals surface area contributed by atoms with Crippen molar-refractivity contribution in [3.63, 3.8) is 0 Å². The van der Waals surface area contributed by atoms with E-state index in [1.165, 1.54) is 0 Å². The summed E-state index contributed by atoms with van der Waals surface area (Å²) < 4.78 is 6.73. The Labute approximate surface area is 159 Å². The van der Waals surface area contributed by atoms with Crippen molar-refractivity contribution in [2.24, 2.45) is 11.8 Å². The Bertz CT molecular complexity index is 736. The Morgan fingerprint density at radius 1 is 1.38 bits per heavy atom. The summed E-state index contributed by atoms with van der Waals surface area (Å²) in [5, 5.41) is 4.14. The lowest BCUT2D eigenvalue weighted by atomic mass is 9.96. The van der Waals surface area contributed by atoms with E-state index in [0.717, 1.165) is 60.0 Å². The molecule has 3 rings (SSSR count). The van der Waals surface area contributed by atoms with Crippen LogP contribution in [0.15, 0.2) is 18.2 Å². The lowest BCUT2D eigenvalue weighted by molar-refractivity contribution is -0.125. The van der Waals surface area contributed by atoms with Crippen LogP contribution in [0.25, 0.3) is 10.2 Å². The maximum atomic E-state index is 12.3. The van der Waals surface area contributed by atoms with Crippen molar-refractivity contribution in [3.8, 4) is 5.75 Å². The molecule has 2 aromatic rings. The number of nitrogens with one attached hydrogen (secondary N) is 1. The van der Waals surface area contributed by atoms with Crippen molar-refractivity contribution in [1.29, 1.82) is 0 Å². The summed E-state index contributed by atoms with van der Waals surface area (Å²) in [7, 11) is 0. The maximum Gasteiger partial charge on any atom is 0.223 e. The van der Waals surface area contributed by atoms with Crippen LogP contribution in [-0.4, -0.2) is 37.1 Å². The van der Waals surface area contributed by atoms with Crippen molar-refractivity contribution in [1.82, 2.24) is 10.3 Å². The molecule has 26 heavy (non-hydrogen) atoms. The third-order valence-electron chi connectivity index (χ3n) is 4.82. The summed E-state index contributed by atoms with van der Waals surface area (Å²) in [6, 6.07) is 6.06. The quantitative estimate of drug-likeness (QED) is 0.792. The number of fused-ring (bicyclic) bond motifs is 1. The molecule has 1 aliphatic rings. The fourth-order valence-electron chi connectivity index (χ4n) is 3.25. The number of aromatic nitrogens is 1. The highest BCUT2D eigenvalue weighted by Gasteiger charge is 2.26. The number of benzene rings is 1. The van der Waals surface area contributed by atoms with Crippen LogP contribution in [0.5, 0.6) is 5.75 Å². The van der Waals surface area contributed by atoms with E-state index in [4.69, 9.17) is 9.72 Å². The van der Waals surface area contributed by atoms with E-state index in [9.17, 15) is 4.79 Å². The van der Waals surface area contributed by atoms with Gasteiger partial charge in [-0.15, -0.1) is 0 Å². The molecule has 0 unspecified atom stereocenters. The predicted octanol–water partition coefficient (Wildman–Crippen LogP) is 4.07. The molecule has 1 saturated heterocycles. The molecule has 6 heteroatoms. The predicted molar refractivity (Wildman–Crippen MR) is 108 cm³/mol. The van der Waals surface area contributed by atoms with Crippen molar-refractivity contribution in [2.75, 3.05) is 31.1 Å². The number of carbonyl (C=O) groups excluding carboxylic acids is 1. The zero-order chi connectivity index (χ0) is 18.5. The van der Waals surface area contributed by atoms with Gasteiger partial charge in [0.05, 0.1) is 16.8 Å². The molecule has 1 aliphatic heterocycles. The maximum absolute atomic E-state index is 12.3. The third-order valence-corrected chi connectivity index (χ3v) is 5.90. The second-order valence-electron chi connectivity index (χ2n) is 7.29. The molecule has 0 saturated carbocycles. The van der Waals surface area contributed by atoms with Gasteiger partial charge in [0.25, 0.3) is 0 Å². The molecule has 0 spiro atoms. The number of thiazole rings is 1. The second-order valence-corrected chi connectivity index (χ2v) is 8.30. The van der Waals surface area contributed by atoms with Gasteiger partial charge >= 0.3 is 0 Å². The fraction of sp³-hybridized carbons (Fsp3) is 0.600. The van der Waals surface area contributed by atoms with Gasteiger partial charge in [0.15, 0.2) is 5.13 Å². The average molecular weight is 376 g/mol. The molecule has 0 aliphatic carbocycles. The summed E-state index contributed by atoms with van der Waals surface area (Å²) in [6.45, 7) is 9.59. The first-order valence-electron chi connectivity index (χ1n) is 9.63. The highest BCUT2D eigenvalue weighted by atomic mass is 32.1. The zero-order valence-electron chi connectivity index (χ0n) is 16.0. The van der Waals surface area contributed by atoms with Crippen LogP contribution in [-0.2, 0) is 4.79 Å². The minimum atomic E-state index is 0.136. The summed E-state index contributed by atoms with van der Waals surface area (Å²) in [5.41, 5.74) is 1.02. The Morgan fingerprint density at radius 3 is 2.85 bits per heavy atom. The molecular formula is C20H29N3O2S. The Balaban J connectivity index is 1.56. The van der Waals surface area contributed by atoms with Crippen LogP contribution >= 0.6 is 11.3 Å². The van der Waals surface area contributed by atoms with Gasteiger partial charge in [-0.2, -0.15) is 0 Å². The first-order chi connectivity index (χ1) is 12.6.